The van der Waals surface area contributed by atoms with Crippen LogP contribution in [0.5, 0.6) is 0 Å². The van der Waals surface area contributed by atoms with Crippen LogP contribution in [-0.4, -0.2) is 25.8 Å². The molecule has 20 heavy (non-hydrogen) atoms. The number of hydrogen-bond donors (Lipinski definition) is 1. The number of benzene rings is 1. The summed E-state index contributed by atoms with van der Waals surface area (Å²) in [6, 6.07) is 2.40. The second kappa shape index (κ2) is 5.00. The highest BCUT2D eigenvalue weighted by Crippen LogP contribution is 2.33. The van der Waals surface area contributed by atoms with E-state index in [1.54, 1.807) is 6.92 Å². The van der Waals surface area contributed by atoms with E-state index >= 15 is 0 Å². The van der Waals surface area contributed by atoms with Crippen LogP contribution < -0.4 is 5.73 Å². The van der Waals surface area contributed by atoms with Gasteiger partial charge in [-0.2, -0.15) is 4.31 Å². The Morgan fingerprint density at radius 1 is 1.35 bits per heavy atom. The summed E-state index contributed by atoms with van der Waals surface area (Å²) in [6.07, 6.45) is 1.76. The summed E-state index contributed by atoms with van der Waals surface area (Å²) in [5.41, 5.74) is 6.47. The summed E-state index contributed by atoms with van der Waals surface area (Å²) >= 11 is 0. The third-order valence-electron chi connectivity index (χ3n) is 3.80. The maximum Gasteiger partial charge on any atom is 0.246 e. The number of anilines is 1. The molecule has 112 valence electrons. The summed E-state index contributed by atoms with van der Waals surface area (Å²) in [5.74, 6) is -0.736. The Kier molecular flexibility index (Phi) is 3.81. The fourth-order valence-electron chi connectivity index (χ4n) is 2.58. The van der Waals surface area contributed by atoms with Crippen molar-refractivity contribution in [3.8, 4) is 0 Å². The van der Waals surface area contributed by atoms with Crippen molar-refractivity contribution in [2.24, 2.45) is 5.41 Å². The highest BCUT2D eigenvalue weighted by Gasteiger charge is 2.35. The minimum atomic E-state index is -3.82. The average Bonchev–Trinajstić information content (AvgIpc) is 2.32. The Labute approximate surface area is 119 Å². The van der Waals surface area contributed by atoms with E-state index in [1.165, 1.54) is 16.4 Å². The van der Waals surface area contributed by atoms with Crippen LogP contribution in [-0.2, 0) is 10.0 Å². The molecule has 1 aromatic carbocycles. The molecular formula is C14H21FN2O2S. The van der Waals surface area contributed by atoms with E-state index in [0.29, 0.717) is 24.3 Å². The summed E-state index contributed by atoms with van der Waals surface area (Å²) in [4.78, 5) is -0.321. The largest absolute Gasteiger partial charge is 0.398 e. The molecule has 1 fully saturated rings. The first kappa shape index (κ1) is 15.3. The Morgan fingerprint density at radius 2 is 2.00 bits per heavy atom. The molecule has 0 atom stereocenters. The first-order valence-electron chi connectivity index (χ1n) is 6.69. The van der Waals surface area contributed by atoms with Gasteiger partial charge in [-0.3, -0.25) is 0 Å². The van der Waals surface area contributed by atoms with Gasteiger partial charge in [0, 0.05) is 18.8 Å². The SMILES string of the molecule is Cc1cc(F)c(S(=O)(=O)N2CCCC(C)(C)C2)cc1N. The van der Waals surface area contributed by atoms with Crippen LogP contribution in [0.2, 0.25) is 0 Å². The Balaban J connectivity index is 2.43. The molecule has 2 N–H and O–H groups in total. The minimum absolute atomic E-state index is 0.0853. The van der Waals surface area contributed by atoms with Crippen molar-refractivity contribution in [1.29, 1.82) is 0 Å². The van der Waals surface area contributed by atoms with Crippen LogP contribution in [0.25, 0.3) is 0 Å². The summed E-state index contributed by atoms with van der Waals surface area (Å²) < 4.78 is 40.6. The van der Waals surface area contributed by atoms with Crippen molar-refractivity contribution in [3.63, 3.8) is 0 Å². The van der Waals surface area contributed by atoms with Crippen LogP contribution in [0, 0.1) is 18.2 Å². The van der Waals surface area contributed by atoms with E-state index in [1.807, 2.05) is 13.8 Å². The van der Waals surface area contributed by atoms with Gasteiger partial charge in [0.15, 0.2) is 0 Å². The highest BCUT2D eigenvalue weighted by molar-refractivity contribution is 7.89. The van der Waals surface area contributed by atoms with E-state index < -0.39 is 15.8 Å². The van der Waals surface area contributed by atoms with Gasteiger partial charge < -0.3 is 5.73 Å². The molecule has 2 rings (SSSR count). The lowest BCUT2D eigenvalue weighted by Gasteiger charge is -2.37. The van der Waals surface area contributed by atoms with E-state index in [4.69, 9.17) is 5.73 Å². The Hall–Kier alpha value is -1.14. The van der Waals surface area contributed by atoms with Gasteiger partial charge in [0.25, 0.3) is 0 Å². The zero-order chi connectivity index (χ0) is 15.1. The monoisotopic (exact) mass is 300 g/mol. The Morgan fingerprint density at radius 3 is 2.60 bits per heavy atom. The van der Waals surface area contributed by atoms with Gasteiger partial charge in [-0.25, -0.2) is 12.8 Å². The van der Waals surface area contributed by atoms with Gasteiger partial charge in [-0.15, -0.1) is 0 Å². The summed E-state index contributed by atoms with van der Waals surface area (Å²) in [5, 5.41) is 0. The van der Waals surface area contributed by atoms with E-state index in [2.05, 4.69) is 0 Å². The molecule has 6 heteroatoms. The van der Waals surface area contributed by atoms with Crippen molar-refractivity contribution in [2.75, 3.05) is 18.8 Å². The zero-order valence-electron chi connectivity index (χ0n) is 12.1. The van der Waals surface area contributed by atoms with Crippen molar-refractivity contribution in [3.05, 3.63) is 23.5 Å². The van der Waals surface area contributed by atoms with Gasteiger partial charge in [0.2, 0.25) is 10.0 Å². The highest BCUT2D eigenvalue weighted by atomic mass is 32.2. The first-order valence-corrected chi connectivity index (χ1v) is 8.13. The quantitative estimate of drug-likeness (QED) is 0.854. The second-order valence-corrected chi connectivity index (χ2v) is 8.15. The number of aryl methyl sites for hydroxylation is 1. The lowest BCUT2D eigenvalue weighted by molar-refractivity contribution is 0.186. The van der Waals surface area contributed by atoms with Crippen LogP contribution in [0.1, 0.15) is 32.3 Å². The molecular weight excluding hydrogens is 279 g/mol. The molecule has 0 aliphatic carbocycles. The molecule has 4 nitrogen and oxygen atoms in total. The number of rotatable bonds is 2. The lowest BCUT2D eigenvalue weighted by atomic mass is 9.85. The molecule has 0 radical (unpaired) electrons. The van der Waals surface area contributed by atoms with Gasteiger partial charge in [-0.05, 0) is 42.9 Å². The van der Waals surface area contributed by atoms with Crippen molar-refractivity contribution in [2.45, 2.75) is 38.5 Å². The molecule has 1 saturated heterocycles. The van der Waals surface area contributed by atoms with Gasteiger partial charge in [-0.1, -0.05) is 13.8 Å². The topological polar surface area (TPSA) is 63.4 Å². The maximum atomic E-state index is 14.0. The van der Waals surface area contributed by atoms with Crippen LogP contribution in [0.3, 0.4) is 0 Å². The van der Waals surface area contributed by atoms with Crippen LogP contribution in [0.4, 0.5) is 10.1 Å². The number of nitrogens with two attached hydrogens (primary N) is 1. The Bertz CT molecular complexity index is 626. The number of sulfonamides is 1. The molecule has 0 aromatic heterocycles. The van der Waals surface area contributed by atoms with E-state index in [-0.39, 0.29) is 10.3 Å². The average molecular weight is 300 g/mol. The number of piperidine rings is 1. The minimum Gasteiger partial charge on any atom is -0.398 e. The standard InChI is InChI=1S/C14H21FN2O2S/c1-10-7-11(15)13(8-12(10)16)20(18,19)17-6-4-5-14(2,3)9-17/h7-8H,4-6,9,16H2,1-3H3. The number of halogens is 1. The fraction of sp³-hybridized carbons (Fsp3) is 0.571. The molecule has 1 heterocycles. The number of nitrogens with zero attached hydrogens (tertiary/aromatic N) is 1. The molecule has 0 saturated carbocycles. The van der Waals surface area contributed by atoms with E-state index in [0.717, 1.165) is 12.8 Å². The van der Waals surface area contributed by atoms with Crippen LogP contribution >= 0.6 is 0 Å². The number of hydrogen-bond acceptors (Lipinski definition) is 3. The summed E-state index contributed by atoms with van der Waals surface area (Å²) in [6.45, 7) is 6.53. The molecule has 0 spiro atoms. The predicted molar refractivity (Wildman–Crippen MR) is 77.3 cm³/mol. The van der Waals surface area contributed by atoms with Crippen molar-refractivity contribution >= 4 is 15.7 Å². The lowest BCUT2D eigenvalue weighted by Crippen LogP contribution is -2.43. The van der Waals surface area contributed by atoms with Gasteiger partial charge in [0.1, 0.15) is 10.7 Å². The molecule has 0 amide bonds. The fourth-order valence-corrected chi connectivity index (χ4v) is 4.33. The second-order valence-electron chi connectivity index (χ2n) is 6.25. The maximum absolute atomic E-state index is 14.0. The predicted octanol–water partition coefficient (Wildman–Crippen LogP) is 2.53. The summed E-state index contributed by atoms with van der Waals surface area (Å²) in [7, 11) is -3.82. The third kappa shape index (κ3) is 2.81. The van der Waals surface area contributed by atoms with Gasteiger partial charge >= 0.3 is 0 Å². The first-order chi connectivity index (χ1) is 9.13. The van der Waals surface area contributed by atoms with Crippen molar-refractivity contribution < 1.29 is 12.8 Å². The molecule has 1 aliphatic rings. The molecule has 0 bridgehead atoms. The van der Waals surface area contributed by atoms with Gasteiger partial charge in [0.05, 0.1) is 0 Å². The smallest absolute Gasteiger partial charge is 0.246 e. The molecule has 0 unspecified atom stereocenters. The zero-order valence-corrected chi connectivity index (χ0v) is 12.9. The molecule has 1 aliphatic heterocycles. The van der Waals surface area contributed by atoms with E-state index in [9.17, 15) is 12.8 Å². The third-order valence-corrected chi connectivity index (χ3v) is 5.66. The number of nitrogen functional groups attached to an aromatic ring is 1. The van der Waals surface area contributed by atoms with Crippen LogP contribution in [0.15, 0.2) is 17.0 Å². The normalized spacial score (nSPS) is 20.0. The molecule has 1 aromatic rings. The van der Waals surface area contributed by atoms with Crippen molar-refractivity contribution in [1.82, 2.24) is 4.31 Å².